The summed E-state index contributed by atoms with van der Waals surface area (Å²) in [5.74, 6) is 0.0680. The molecule has 0 saturated carbocycles. The van der Waals surface area contributed by atoms with Gasteiger partial charge in [0.05, 0.1) is 17.8 Å². The Morgan fingerprint density at radius 3 is 2.34 bits per heavy atom. The lowest BCUT2D eigenvalue weighted by molar-refractivity contribution is 0.390. The van der Waals surface area contributed by atoms with Gasteiger partial charge in [-0.05, 0) is 60.5 Å². The van der Waals surface area contributed by atoms with Crippen molar-refractivity contribution < 1.29 is 17.3 Å². The Labute approximate surface area is 179 Å². The summed E-state index contributed by atoms with van der Waals surface area (Å²) in [6, 6.07) is 16.4. The highest BCUT2D eigenvalue weighted by molar-refractivity contribution is 7.87. The van der Waals surface area contributed by atoms with Crippen LogP contribution in [0.5, 0.6) is 11.5 Å². The van der Waals surface area contributed by atoms with E-state index in [1.165, 1.54) is 31.4 Å². The first kappa shape index (κ1) is 21.2. The van der Waals surface area contributed by atoms with Crippen LogP contribution in [0.3, 0.4) is 0 Å². The number of hydrogen-bond donors (Lipinski definition) is 0. The number of halogens is 2. The molecule has 0 amide bonds. The van der Waals surface area contributed by atoms with Crippen molar-refractivity contribution in [1.82, 2.24) is 0 Å². The van der Waals surface area contributed by atoms with Gasteiger partial charge in [0, 0.05) is 11.2 Å². The van der Waals surface area contributed by atoms with Crippen molar-refractivity contribution in [2.75, 3.05) is 7.11 Å². The number of ether oxygens (including phenoxy) is 1. The molecule has 0 radical (unpaired) electrons. The van der Waals surface area contributed by atoms with Crippen LogP contribution in [0, 0.1) is 6.92 Å². The molecule has 3 aromatic rings. The molecule has 29 heavy (non-hydrogen) atoms. The molecule has 0 heterocycles. The van der Waals surface area contributed by atoms with Crippen LogP contribution in [0.1, 0.15) is 11.1 Å². The predicted octanol–water partition coefficient (Wildman–Crippen LogP) is 5.83. The van der Waals surface area contributed by atoms with Crippen LogP contribution in [0.15, 0.2) is 70.6 Å². The number of benzene rings is 3. The van der Waals surface area contributed by atoms with Gasteiger partial charge in [-0.15, -0.1) is 0 Å². The highest BCUT2D eigenvalue weighted by Crippen LogP contribution is 2.38. The largest absolute Gasteiger partial charge is 0.493 e. The van der Waals surface area contributed by atoms with Gasteiger partial charge < -0.3 is 8.92 Å². The lowest BCUT2D eigenvalue weighted by atomic mass is 10.2. The molecular formula is C21H17Cl2NO4S. The zero-order valence-corrected chi connectivity index (χ0v) is 17.9. The number of rotatable bonds is 6. The summed E-state index contributed by atoms with van der Waals surface area (Å²) in [6.07, 6.45) is 1.62. The molecule has 0 aromatic heterocycles. The molecule has 0 saturated heterocycles. The number of aryl methyl sites for hydroxylation is 1. The molecule has 0 aliphatic rings. The minimum atomic E-state index is -4.12. The van der Waals surface area contributed by atoms with Gasteiger partial charge in [0.2, 0.25) is 5.75 Å². The molecule has 0 N–H and O–H groups in total. The van der Waals surface area contributed by atoms with Gasteiger partial charge in [0.1, 0.15) is 4.90 Å². The lowest BCUT2D eigenvalue weighted by Crippen LogP contribution is -2.11. The van der Waals surface area contributed by atoms with Gasteiger partial charge in [-0.2, -0.15) is 8.42 Å². The van der Waals surface area contributed by atoms with Crippen molar-refractivity contribution in [2.24, 2.45) is 4.99 Å². The third kappa shape index (κ3) is 5.09. The molecule has 3 rings (SSSR count). The smallest absolute Gasteiger partial charge is 0.339 e. The summed E-state index contributed by atoms with van der Waals surface area (Å²) in [4.78, 5) is 4.39. The van der Waals surface area contributed by atoms with E-state index in [9.17, 15) is 8.42 Å². The van der Waals surface area contributed by atoms with Crippen LogP contribution in [-0.2, 0) is 10.1 Å². The SMILES string of the molecule is COc1cc(C=Nc2ccccc2C)cc(Cl)c1OS(=O)(=O)c1ccc(Cl)cc1. The van der Waals surface area contributed by atoms with Crippen molar-refractivity contribution in [2.45, 2.75) is 11.8 Å². The van der Waals surface area contributed by atoms with E-state index in [2.05, 4.69) is 4.99 Å². The number of para-hydroxylation sites is 1. The summed E-state index contributed by atoms with van der Waals surface area (Å²) in [6.45, 7) is 1.96. The van der Waals surface area contributed by atoms with E-state index in [-0.39, 0.29) is 21.4 Å². The van der Waals surface area contributed by atoms with Crippen LogP contribution in [-0.4, -0.2) is 21.7 Å². The maximum Gasteiger partial charge on any atom is 0.339 e. The van der Waals surface area contributed by atoms with Crippen molar-refractivity contribution >= 4 is 45.2 Å². The minimum Gasteiger partial charge on any atom is -0.493 e. The Hall–Kier alpha value is -2.54. The quantitative estimate of drug-likeness (QED) is 0.350. The molecule has 0 aliphatic heterocycles. The van der Waals surface area contributed by atoms with Crippen molar-refractivity contribution in [1.29, 1.82) is 0 Å². The molecule has 150 valence electrons. The summed E-state index contributed by atoms with van der Waals surface area (Å²) < 4.78 is 35.7. The van der Waals surface area contributed by atoms with Gasteiger partial charge in [0.15, 0.2) is 5.75 Å². The zero-order valence-electron chi connectivity index (χ0n) is 15.6. The van der Waals surface area contributed by atoms with Crippen molar-refractivity contribution in [3.8, 4) is 11.5 Å². The first-order valence-electron chi connectivity index (χ1n) is 8.47. The molecule has 8 heteroatoms. The Balaban J connectivity index is 1.93. The van der Waals surface area contributed by atoms with E-state index in [0.717, 1.165) is 11.3 Å². The number of hydrogen-bond acceptors (Lipinski definition) is 5. The molecule has 0 bridgehead atoms. The summed E-state index contributed by atoms with van der Waals surface area (Å²) in [5, 5.41) is 0.491. The molecule has 0 unspecified atom stereocenters. The molecule has 3 aromatic carbocycles. The van der Waals surface area contributed by atoms with Crippen LogP contribution >= 0.6 is 23.2 Å². The van der Waals surface area contributed by atoms with Crippen LogP contribution in [0.2, 0.25) is 10.0 Å². The van der Waals surface area contributed by atoms with Gasteiger partial charge >= 0.3 is 10.1 Å². The maximum absolute atomic E-state index is 12.6. The molecule has 0 spiro atoms. The first-order chi connectivity index (χ1) is 13.8. The third-order valence-corrected chi connectivity index (χ3v) is 5.78. The fourth-order valence-electron chi connectivity index (χ4n) is 2.51. The minimum absolute atomic E-state index is 0.0507. The fourth-order valence-corrected chi connectivity index (χ4v) is 3.89. The standard InChI is InChI=1S/C21H17Cl2NO4S/c1-14-5-3-4-6-19(14)24-13-15-11-18(23)21(20(12-15)27-2)28-29(25,26)17-9-7-16(22)8-10-17/h3-13H,1-2H3. The van der Waals surface area contributed by atoms with Crippen LogP contribution in [0.4, 0.5) is 5.69 Å². The van der Waals surface area contributed by atoms with Gasteiger partial charge in [-0.25, -0.2) is 0 Å². The summed E-state index contributed by atoms with van der Waals surface area (Å²) >= 11 is 12.1. The second kappa shape index (κ2) is 8.86. The third-order valence-electron chi connectivity index (χ3n) is 4.02. The number of nitrogens with zero attached hydrogens (tertiary/aromatic N) is 1. The Kier molecular flexibility index (Phi) is 6.47. The van der Waals surface area contributed by atoms with Crippen LogP contribution in [0.25, 0.3) is 0 Å². The Bertz CT molecular complexity index is 1160. The van der Waals surface area contributed by atoms with E-state index in [1.807, 2.05) is 31.2 Å². The summed E-state index contributed by atoms with van der Waals surface area (Å²) in [5.41, 5.74) is 2.47. The molecule has 0 fully saturated rings. The Morgan fingerprint density at radius 1 is 1.00 bits per heavy atom. The number of methoxy groups -OCH3 is 1. The van der Waals surface area contributed by atoms with Gasteiger partial charge in [-0.1, -0.05) is 41.4 Å². The monoisotopic (exact) mass is 449 g/mol. The topological polar surface area (TPSA) is 65.0 Å². The second-order valence-electron chi connectivity index (χ2n) is 6.07. The predicted molar refractivity (Wildman–Crippen MR) is 116 cm³/mol. The molecule has 0 aliphatic carbocycles. The highest BCUT2D eigenvalue weighted by atomic mass is 35.5. The number of aliphatic imine (C=N–C) groups is 1. The fraction of sp³-hybridized carbons (Fsp3) is 0.0952. The van der Waals surface area contributed by atoms with E-state index in [4.69, 9.17) is 32.1 Å². The Morgan fingerprint density at radius 2 is 1.69 bits per heavy atom. The second-order valence-corrected chi connectivity index (χ2v) is 8.46. The maximum atomic E-state index is 12.6. The van der Waals surface area contributed by atoms with Crippen LogP contribution < -0.4 is 8.92 Å². The van der Waals surface area contributed by atoms with E-state index >= 15 is 0 Å². The van der Waals surface area contributed by atoms with Gasteiger partial charge in [0.25, 0.3) is 0 Å². The first-order valence-corrected chi connectivity index (χ1v) is 10.6. The highest BCUT2D eigenvalue weighted by Gasteiger charge is 2.22. The average molecular weight is 450 g/mol. The summed E-state index contributed by atoms with van der Waals surface area (Å²) in [7, 11) is -2.72. The molecule has 0 atom stereocenters. The van der Waals surface area contributed by atoms with Gasteiger partial charge in [-0.3, -0.25) is 4.99 Å². The lowest BCUT2D eigenvalue weighted by Gasteiger charge is -2.13. The van der Waals surface area contributed by atoms with E-state index in [1.54, 1.807) is 18.3 Å². The van der Waals surface area contributed by atoms with Crippen molar-refractivity contribution in [3.63, 3.8) is 0 Å². The molecule has 5 nitrogen and oxygen atoms in total. The zero-order chi connectivity index (χ0) is 21.0. The van der Waals surface area contributed by atoms with E-state index in [0.29, 0.717) is 10.6 Å². The molecular weight excluding hydrogens is 433 g/mol. The normalized spacial score (nSPS) is 11.6. The van der Waals surface area contributed by atoms with E-state index < -0.39 is 10.1 Å². The average Bonchev–Trinajstić information content (AvgIpc) is 2.69. The van der Waals surface area contributed by atoms with Crippen molar-refractivity contribution in [3.05, 3.63) is 81.8 Å².